The highest BCUT2D eigenvalue weighted by Gasteiger charge is 2.38. The monoisotopic (exact) mass is 704 g/mol. The van der Waals surface area contributed by atoms with E-state index >= 15 is 0 Å². The molecule has 2 aliphatic heterocycles. The van der Waals surface area contributed by atoms with Gasteiger partial charge in [0.1, 0.15) is 12.1 Å². The summed E-state index contributed by atoms with van der Waals surface area (Å²) in [7, 11) is -1.12. The molecule has 256 valence electrons. The molecule has 9 rings (SSSR count). The number of hydrogen-bond donors (Lipinski definition) is 0. The van der Waals surface area contributed by atoms with Gasteiger partial charge in [0.25, 0.3) is 0 Å². The molecule has 2 heterocycles. The molecule has 4 nitrogen and oxygen atoms in total. The molecule has 0 aromatic heterocycles. The minimum atomic E-state index is -1.12. The molecule has 0 unspecified atom stereocenters. The van der Waals surface area contributed by atoms with E-state index in [-0.39, 0.29) is 24.3 Å². The maximum absolute atomic E-state index is 6.93. The molecule has 0 fully saturated rings. The van der Waals surface area contributed by atoms with Gasteiger partial charge in [0.2, 0.25) is 11.8 Å². The second-order valence-electron chi connectivity index (χ2n) is 13.2. The SMILES string of the molecule is c1ccc([C@H]2OC(c3ccccc3P(c3ccccc3)c3ccccc3C3=N[C@@H](c4ccccc4)[C@@H](c4ccccc4)O3)=N[C@H]2c2ccccc2)cc1. The summed E-state index contributed by atoms with van der Waals surface area (Å²) in [5.41, 5.74) is 6.45. The Labute approximate surface area is 311 Å². The van der Waals surface area contributed by atoms with E-state index in [4.69, 9.17) is 19.5 Å². The quantitative estimate of drug-likeness (QED) is 0.141. The Hall–Kier alpha value is -6.09. The predicted molar refractivity (Wildman–Crippen MR) is 217 cm³/mol. The largest absolute Gasteiger partial charge is 0.467 e. The molecule has 53 heavy (non-hydrogen) atoms. The van der Waals surface area contributed by atoms with Crippen LogP contribution in [-0.2, 0) is 9.47 Å². The van der Waals surface area contributed by atoms with Gasteiger partial charge in [0, 0.05) is 11.1 Å². The molecular formula is C48H37N2O2P. The lowest BCUT2D eigenvalue weighted by Gasteiger charge is -2.25. The molecule has 5 heteroatoms. The van der Waals surface area contributed by atoms with Crippen LogP contribution in [0.4, 0.5) is 0 Å². The summed E-state index contributed by atoms with van der Waals surface area (Å²) in [5.74, 6) is 1.32. The van der Waals surface area contributed by atoms with Crippen molar-refractivity contribution in [1.82, 2.24) is 0 Å². The van der Waals surface area contributed by atoms with Crippen molar-refractivity contribution in [2.24, 2.45) is 9.98 Å². The van der Waals surface area contributed by atoms with Gasteiger partial charge < -0.3 is 9.47 Å². The molecule has 4 atom stereocenters. The van der Waals surface area contributed by atoms with Crippen LogP contribution in [-0.4, -0.2) is 11.8 Å². The van der Waals surface area contributed by atoms with E-state index in [1.165, 1.54) is 15.9 Å². The highest BCUT2D eigenvalue weighted by molar-refractivity contribution is 7.80. The van der Waals surface area contributed by atoms with E-state index in [2.05, 4.69) is 176 Å². The topological polar surface area (TPSA) is 43.2 Å². The fraction of sp³-hybridized carbons (Fsp3) is 0.0833. The molecule has 0 saturated carbocycles. The molecular weight excluding hydrogens is 668 g/mol. The highest BCUT2D eigenvalue weighted by atomic mass is 31.1. The molecule has 7 aromatic carbocycles. The number of rotatable bonds is 9. The zero-order chi connectivity index (χ0) is 35.4. The van der Waals surface area contributed by atoms with Crippen LogP contribution in [0.25, 0.3) is 0 Å². The summed E-state index contributed by atoms with van der Waals surface area (Å²) in [6.07, 6.45) is -0.494. The second kappa shape index (κ2) is 14.9. The van der Waals surface area contributed by atoms with Gasteiger partial charge >= 0.3 is 0 Å². The Kier molecular flexibility index (Phi) is 9.20. The first-order valence-corrected chi connectivity index (χ1v) is 19.4. The number of aliphatic imine (C=N–C) groups is 2. The van der Waals surface area contributed by atoms with Gasteiger partial charge in [-0.3, -0.25) is 0 Å². The summed E-state index contributed by atoms with van der Waals surface area (Å²) in [6.45, 7) is 0. The molecule has 0 spiro atoms. The van der Waals surface area contributed by atoms with E-state index in [9.17, 15) is 0 Å². The molecule has 0 aliphatic carbocycles. The second-order valence-corrected chi connectivity index (χ2v) is 15.3. The summed E-state index contributed by atoms with van der Waals surface area (Å²) < 4.78 is 13.9. The number of ether oxygens (including phenoxy) is 2. The maximum atomic E-state index is 6.93. The van der Waals surface area contributed by atoms with E-state index in [1.54, 1.807) is 0 Å². The van der Waals surface area contributed by atoms with Crippen molar-refractivity contribution < 1.29 is 9.47 Å². The Morgan fingerprint density at radius 2 is 0.660 bits per heavy atom. The van der Waals surface area contributed by atoms with Crippen LogP contribution in [0.15, 0.2) is 210 Å². The van der Waals surface area contributed by atoms with Crippen LogP contribution in [0.5, 0.6) is 0 Å². The van der Waals surface area contributed by atoms with E-state index in [0.29, 0.717) is 11.8 Å². The standard InChI is InChI=1S/C48H37N2O2P/c1-6-20-34(21-7-1)43-45(36-24-10-3-11-25-36)51-47(49-43)39-30-16-18-32-41(39)53(38-28-14-5-15-29-38)42-33-19-17-31-40(42)48-50-44(35-22-8-2-9-23-35)46(52-48)37-26-12-4-13-27-37/h1-33,43-46H/t43-,44-,45+,46+/m0/s1. The molecule has 0 N–H and O–H groups in total. The summed E-state index contributed by atoms with van der Waals surface area (Å²) in [5, 5.41) is 3.55. The van der Waals surface area contributed by atoms with Crippen molar-refractivity contribution in [3.05, 3.63) is 234 Å². The van der Waals surface area contributed by atoms with Crippen LogP contribution in [0, 0.1) is 0 Å². The van der Waals surface area contributed by atoms with Crippen LogP contribution in [0.2, 0.25) is 0 Å². The first-order chi connectivity index (χ1) is 26.3. The number of nitrogens with zero attached hydrogens (tertiary/aromatic N) is 2. The zero-order valence-corrected chi connectivity index (χ0v) is 29.9. The first-order valence-electron chi connectivity index (χ1n) is 18.0. The molecule has 0 saturated heterocycles. The van der Waals surface area contributed by atoms with E-state index < -0.39 is 7.92 Å². The fourth-order valence-corrected chi connectivity index (χ4v) is 9.93. The maximum Gasteiger partial charge on any atom is 0.218 e. The van der Waals surface area contributed by atoms with Crippen LogP contribution < -0.4 is 15.9 Å². The Bertz CT molecular complexity index is 2220. The van der Waals surface area contributed by atoms with Gasteiger partial charge in [-0.2, -0.15) is 0 Å². The molecule has 0 amide bonds. The summed E-state index contributed by atoms with van der Waals surface area (Å²) >= 11 is 0. The molecule has 2 aliphatic rings. The lowest BCUT2D eigenvalue weighted by atomic mass is 9.97. The molecule has 7 aromatic rings. The Balaban J connectivity index is 1.17. The van der Waals surface area contributed by atoms with Crippen molar-refractivity contribution in [2.45, 2.75) is 24.3 Å². The van der Waals surface area contributed by atoms with Crippen molar-refractivity contribution in [3.8, 4) is 0 Å². The third-order valence-corrected chi connectivity index (χ3v) is 12.4. The number of hydrogen-bond acceptors (Lipinski definition) is 4. The minimum absolute atomic E-state index is 0.178. The van der Waals surface area contributed by atoms with Crippen molar-refractivity contribution >= 4 is 35.6 Å². The Morgan fingerprint density at radius 1 is 0.340 bits per heavy atom. The lowest BCUT2D eigenvalue weighted by molar-refractivity contribution is 0.197. The molecule has 0 radical (unpaired) electrons. The highest BCUT2D eigenvalue weighted by Crippen LogP contribution is 2.45. The lowest BCUT2D eigenvalue weighted by Crippen LogP contribution is -2.29. The van der Waals surface area contributed by atoms with Gasteiger partial charge in [-0.25, -0.2) is 9.98 Å². The van der Waals surface area contributed by atoms with Crippen LogP contribution in [0.1, 0.15) is 57.7 Å². The summed E-state index contributed by atoms with van der Waals surface area (Å²) in [4.78, 5) is 10.7. The van der Waals surface area contributed by atoms with E-state index in [0.717, 1.165) is 33.4 Å². The smallest absolute Gasteiger partial charge is 0.218 e. The van der Waals surface area contributed by atoms with Gasteiger partial charge in [-0.1, -0.05) is 188 Å². The normalized spacial score (nSPS) is 19.3. The van der Waals surface area contributed by atoms with Crippen molar-refractivity contribution in [3.63, 3.8) is 0 Å². The minimum Gasteiger partial charge on any atom is -0.467 e. The van der Waals surface area contributed by atoms with Crippen molar-refractivity contribution in [2.75, 3.05) is 0 Å². The van der Waals surface area contributed by atoms with Crippen LogP contribution in [0.3, 0.4) is 0 Å². The third-order valence-electron chi connectivity index (χ3n) is 9.87. The fourth-order valence-electron chi connectivity index (χ4n) is 7.35. The van der Waals surface area contributed by atoms with Gasteiger partial charge in [-0.05, 0) is 58.2 Å². The van der Waals surface area contributed by atoms with Crippen molar-refractivity contribution in [1.29, 1.82) is 0 Å². The zero-order valence-electron chi connectivity index (χ0n) is 29.0. The van der Waals surface area contributed by atoms with Gasteiger partial charge in [-0.15, -0.1) is 0 Å². The third kappa shape index (κ3) is 6.59. The van der Waals surface area contributed by atoms with E-state index in [1.807, 2.05) is 24.3 Å². The van der Waals surface area contributed by atoms with Crippen LogP contribution >= 0.6 is 7.92 Å². The summed E-state index contributed by atoms with van der Waals surface area (Å²) in [6, 6.07) is 69.4. The first kappa shape index (κ1) is 32.8. The Morgan fingerprint density at radius 3 is 1.06 bits per heavy atom. The van der Waals surface area contributed by atoms with Gasteiger partial charge in [0.05, 0.1) is 0 Å². The average molecular weight is 705 g/mol. The number of benzene rings is 7. The average Bonchev–Trinajstić information content (AvgIpc) is 3.90. The molecule has 0 bridgehead atoms. The van der Waals surface area contributed by atoms with Gasteiger partial charge in [0.15, 0.2) is 12.2 Å². The predicted octanol–water partition coefficient (Wildman–Crippen LogP) is 9.96.